The lowest BCUT2D eigenvalue weighted by atomic mass is 9.68. The van der Waals surface area contributed by atoms with Gasteiger partial charge in [0.2, 0.25) is 0 Å². The second-order valence-corrected chi connectivity index (χ2v) is 8.30. The number of fused-ring (bicyclic) bond motifs is 1. The predicted molar refractivity (Wildman–Crippen MR) is 121 cm³/mol. The standard InChI is InChI=1S/C27H22N2O4/c30-25-23-21(17-7-3-1-4-8-17)15-16-22(18-9-5-2-6-10-18)24(23)26(31)29(25)28-20-13-11-19(12-14-20)27(32)33/h1-16,21-24,28H,(H,32,33)/p-1/t21-,22+,23-,24+. The Labute approximate surface area is 191 Å². The van der Waals surface area contributed by atoms with Gasteiger partial charge in [0.05, 0.1) is 23.5 Å². The molecule has 5 rings (SSSR count). The molecule has 1 N–H and O–H groups in total. The van der Waals surface area contributed by atoms with Crippen LogP contribution in [0.3, 0.4) is 0 Å². The molecule has 2 aliphatic rings. The van der Waals surface area contributed by atoms with Crippen LogP contribution in [0.5, 0.6) is 0 Å². The van der Waals surface area contributed by atoms with E-state index in [2.05, 4.69) is 5.43 Å². The average Bonchev–Trinajstić information content (AvgIpc) is 3.10. The van der Waals surface area contributed by atoms with E-state index >= 15 is 0 Å². The topological polar surface area (TPSA) is 89.5 Å². The summed E-state index contributed by atoms with van der Waals surface area (Å²) in [5, 5.41) is 12.1. The van der Waals surface area contributed by atoms with Crippen LogP contribution in [-0.2, 0) is 9.59 Å². The van der Waals surface area contributed by atoms with E-state index in [1.54, 1.807) is 0 Å². The highest BCUT2D eigenvalue weighted by Crippen LogP contribution is 2.49. The first kappa shape index (κ1) is 20.7. The van der Waals surface area contributed by atoms with Gasteiger partial charge in [0.15, 0.2) is 0 Å². The number of hydrogen-bond acceptors (Lipinski definition) is 5. The Morgan fingerprint density at radius 2 is 1.15 bits per heavy atom. The second-order valence-electron chi connectivity index (χ2n) is 8.30. The summed E-state index contributed by atoms with van der Waals surface area (Å²) < 4.78 is 0. The maximum absolute atomic E-state index is 13.6. The third kappa shape index (κ3) is 3.69. The molecule has 0 bridgehead atoms. The fourth-order valence-electron chi connectivity index (χ4n) is 4.85. The highest BCUT2D eigenvalue weighted by Gasteiger charge is 2.55. The van der Waals surface area contributed by atoms with Crippen molar-refractivity contribution in [3.8, 4) is 0 Å². The maximum atomic E-state index is 13.6. The number of nitrogens with one attached hydrogen (secondary N) is 1. The Bertz CT molecular complexity index is 1150. The molecule has 3 aromatic carbocycles. The summed E-state index contributed by atoms with van der Waals surface area (Å²) in [5.41, 5.74) is 5.33. The number of imide groups is 1. The Hall–Kier alpha value is -4.19. The molecule has 2 amide bonds. The average molecular weight is 437 g/mol. The van der Waals surface area contributed by atoms with Crippen molar-refractivity contribution in [1.82, 2.24) is 5.01 Å². The third-order valence-electron chi connectivity index (χ3n) is 6.43. The smallest absolute Gasteiger partial charge is 0.253 e. The largest absolute Gasteiger partial charge is 0.545 e. The van der Waals surface area contributed by atoms with Crippen LogP contribution in [0.4, 0.5) is 5.69 Å². The Balaban J connectivity index is 1.52. The van der Waals surface area contributed by atoms with Gasteiger partial charge in [-0.1, -0.05) is 84.9 Å². The summed E-state index contributed by atoms with van der Waals surface area (Å²) >= 11 is 0. The Morgan fingerprint density at radius 3 is 1.58 bits per heavy atom. The molecule has 1 heterocycles. The molecule has 4 atom stereocenters. The first-order valence-electron chi connectivity index (χ1n) is 10.8. The number of amides is 2. The van der Waals surface area contributed by atoms with Gasteiger partial charge < -0.3 is 9.90 Å². The fourth-order valence-corrected chi connectivity index (χ4v) is 4.85. The van der Waals surface area contributed by atoms with E-state index in [1.807, 2.05) is 72.8 Å². The van der Waals surface area contributed by atoms with Crippen molar-refractivity contribution in [2.75, 3.05) is 5.43 Å². The monoisotopic (exact) mass is 437 g/mol. The highest BCUT2D eigenvalue weighted by atomic mass is 16.4. The van der Waals surface area contributed by atoms with E-state index < -0.39 is 17.8 Å². The van der Waals surface area contributed by atoms with Gasteiger partial charge in [0.1, 0.15) is 0 Å². The molecule has 6 heteroatoms. The van der Waals surface area contributed by atoms with Gasteiger partial charge >= 0.3 is 0 Å². The summed E-state index contributed by atoms with van der Waals surface area (Å²) in [7, 11) is 0. The minimum absolute atomic E-state index is 0.0192. The maximum Gasteiger partial charge on any atom is 0.253 e. The van der Waals surface area contributed by atoms with Crippen LogP contribution in [0, 0.1) is 11.8 Å². The zero-order valence-corrected chi connectivity index (χ0v) is 17.6. The molecule has 33 heavy (non-hydrogen) atoms. The molecule has 3 aromatic rings. The van der Waals surface area contributed by atoms with Gasteiger partial charge in [-0.3, -0.25) is 15.0 Å². The van der Waals surface area contributed by atoms with E-state index in [9.17, 15) is 19.5 Å². The number of aromatic carboxylic acids is 1. The second kappa shape index (κ2) is 8.39. The van der Waals surface area contributed by atoms with Crippen molar-refractivity contribution in [1.29, 1.82) is 0 Å². The van der Waals surface area contributed by atoms with Crippen LogP contribution in [0.2, 0.25) is 0 Å². The van der Waals surface area contributed by atoms with Gasteiger partial charge in [-0.2, -0.15) is 5.01 Å². The number of carbonyl (C=O) groups is 3. The molecule has 1 aliphatic heterocycles. The van der Waals surface area contributed by atoms with Crippen LogP contribution < -0.4 is 10.5 Å². The van der Waals surface area contributed by atoms with Crippen molar-refractivity contribution >= 4 is 23.5 Å². The van der Waals surface area contributed by atoms with Gasteiger partial charge in [0.25, 0.3) is 11.8 Å². The van der Waals surface area contributed by atoms with Crippen LogP contribution in [0.25, 0.3) is 0 Å². The lowest BCUT2D eigenvalue weighted by Gasteiger charge is -2.32. The summed E-state index contributed by atoms with van der Waals surface area (Å²) in [6.07, 6.45) is 4.08. The molecule has 0 unspecified atom stereocenters. The minimum atomic E-state index is -1.29. The van der Waals surface area contributed by atoms with Crippen LogP contribution >= 0.6 is 0 Å². The van der Waals surface area contributed by atoms with Crippen molar-refractivity contribution in [3.05, 3.63) is 114 Å². The lowest BCUT2D eigenvalue weighted by molar-refractivity contribution is -0.255. The summed E-state index contributed by atoms with van der Waals surface area (Å²) in [4.78, 5) is 38.2. The predicted octanol–water partition coefficient (Wildman–Crippen LogP) is 3.12. The van der Waals surface area contributed by atoms with Gasteiger partial charge in [-0.05, 0) is 28.8 Å². The molecule has 0 saturated carbocycles. The van der Waals surface area contributed by atoms with E-state index in [4.69, 9.17) is 0 Å². The number of hydrogen-bond donors (Lipinski definition) is 1. The van der Waals surface area contributed by atoms with Gasteiger partial charge in [-0.25, -0.2) is 0 Å². The number of carboxylic acids is 1. The number of benzene rings is 3. The summed E-state index contributed by atoms with van der Waals surface area (Å²) in [6.45, 7) is 0. The van der Waals surface area contributed by atoms with Crippen molar-refractivity contribution < 1.29 is 19.5 Å². The lowest BCUT2D eigenvalue weighted by Crippen LogP contribution is -2.37. The molecule has 1 aliphatic carbocycles. The Kier molecular flexibility index (Phi) is 5.26. The van der Waals surface area contributed by atoms with E-state index in [0.29, 0.717) is 5.69 Å². The zero-order chi connectivity index (χ0) is 22.9. The molecule has 6 nitrogen and oxygen atoms in total. The summed E-state index contributed by atoms with van der Waals surface area (Å²) in [5.74, 6) is -3.43. The van der Waals surface area contributed by atoms with Crippen LogP contribution in [-0.4, -0.2) is 22.8 Å². The van der Waals surface area contributed by atoms with Gasteiger partial charge in [-0.15, -0.1) is 0 Å². The minimum Gasteiger partial charge on any atom is -0.545 e. The third-order valence-corrected chi connectivity index (χ3v) is 6.43. The van der Waals surface area contributed by atoms with Crippen molar-refractivity contribution in [2.45, 2.75) is 11.8 Å². The van der Waals surface area contributed by atoms with E-state index in [-0.39, 0.29) is 29.2 Å². The van der Waals surface area contributed by atoms with Crippen LogP contribution in [0.15, 0.2) is 97.1 Å². The molecule has 1 fully saturated rings. The number of rotatable bonds is 5. The molecular formula is C27H21N2O4-. The number of allylic oxidation sites excluding steroid dienone is 2. The molecule has 1 saturated heterocycles. The van der Waals surface area contributed by atoms with Crippen molar-refractivity contribution in [2.24, 2.45) is 11.8 Å². The summed E-state index contributed by atoms with van der Waals surface area (Å²) in [6, 6.07) is 25.2. The molecular weight excluding hydrogens is 416 g/mol. The quantitative estimate of drug-likeness (QED) is 0.489. The number of carboxylic acid groups (broad SMARTS) is 1. The number of nitrogens with zero attached hydrogens (tertiary/aromatic N) is 1. The van der Waals surface area contributed by atoms with Gasteiger partial charge in [0, 0.05) is 11.8 Å². The van der Waals surface area contributed by atoms with E-state index in [0.717, 1.165) is 16.1 Å². The molecule has 0 radical (unpaired) electrons. The number of carbonyl (C=O) groups excluding carboxylic acids is 3. The zero-order valence-electron chi connectivity index (χ0n) is 17.6. The van der Waals surface area contributed by atoms with E-state index in [1.165, 1.54) is 24.3 Å². The normalized spacial score (nSPS) is 23.9. The number of hydrazine groups is 1. The Morgan fingerprint density at radius 1 is 0.697 bits per heavy atom. The SMILES string of the molecule is O=C([O-])c1ccc(NN2C(=O)[C@@H]3[C@H](C2=O)[C@@H](c2ccccc2)C=C[C@H]3c2ccccc2)cc1. The molecule has 0 spiro atoms. The first-order valence-corrected chi connectivity index (χ1v) is 10.8. The fraction of sp³-hybridized carbons (Fsp3) is 0.148. The number of anilines is 1. The van der Waals surface area contributed by atoms with Crippen LogP contribution in [0.1, 0.15) is 33.3 Å². The molecule has 164 valence electrons. The van der Waals surface area contributed by atoms with Crippen molar-refractivity contribution in [3.63, 3.8) is 0 Å². The highest BCUT2D eigenvalue weighted by molar-refractivity contribution is 6.07. The molecule has 0 aromatic heterocycles. The first-order chi connectivity index (χ1) is 16.0.